The third-order valence-corrected chi connectivity index (χ3v) is 7.50. The molecule has 30 heavy (non-hydrogen) atoms. The fraction of sp³-hybridized carbons (Fsp3) is 0.435. The van der Waals surface area contributed by atoms with Crippen LogP contribution >= 0.6 is 0 Å². The number of carbonyl (C=O) groups is 1. The molecule has 2 aromatic rings. The van der Waals surface area contributed by atoms with Gasteiger partial charge in [-0.2, -0.15) is 0 Å². The van der Waals surface area contributed by atoms with Crippen molar-refractivity contribution in [2.24, 2.45) is 5.92 Å². The van der Waals surface area contributed by atoms with Crippen LogP contribution in [-0.4, -0.2) is 27.5 Å². The Morgan fingerprint density at radius 2 is 1.83 bits per heavy atom. The van der Waals surface area contributed by atoms with Gasteiger partial charge < -0.3 is 10.1 Å². The summed E-state index contributed by atoms with van der Waals surface area (Å²) in [5.41, 5.74) is 3.00. The summed E-state index contributed by atoms with van der Waals surface area (Å²) >= 11 is 0. The second-order valence-corrected chi connectivity index (χ2v) is 9.74. The number of sulfonamides is 1. The second kappa shape index (κ2) is 9.18. The first-order valence-corrected chi connectivity index (χ1v) is 11.8. The number of benzene rings is 2. The highest BCUT2D eigenvalue weighted by Gasteiger charge is 2.29. The summed E-state index contributed by atoms with van der Waals surface area (Å²) in [6.07, 6.45) is 3.95. The molecule has 0 aliphatic heterocycles. The average Bonchev–Trinajstić information content (AvgIpc) is 2.72. The average molecular weight is 431 g/mol. The van der Waals surface area contributed by atoms with Gasteiger partial charge in [-0.1, -0.05) is 31.9 Å². The Morgan fingerprint density at radius 1 is 1.10 bits per heavy atom. The van der Waals surface area contributed by atoms with Crippen LogP contribution in [0.15, 0.2) is 41.3 Å². The lowest BCUT2D eigenvalue weighted by Crippen LogP contribution is -2.41. The molecule has 7 heteroatoms. The Morgan fingerprint density at radius 3 is 2.53 bits per heavy atom. The van der Waals surface area contributed by atoms with Gasteiger partial charge in [0.05, 0.1) is 7.11 Å². The first-order valence-electron chi connectivity index (χ1n) is 10.3. The van der Waals surface area contributed by atoms with E-state index in [1.807, 2.05) is 32.0 Å². The predicted molar refractivity (Wildman–Crippen MR) is 119 cm³/mol. The highest BCUT2D eigenvalue weighted by Crippen LogP contribution is 2.29. The van der Waals surface area contributed by atoms with Crippen LogP contribution in [0, 0.1) is 19.8 Å². The van der Waals surface area contributed by atoms with Gasteiger partial charge in [-0.25, -0.2) is 13.1 Å². The molecule has 1 saturated carbocycles. The van der Waals surface area contributed by atoms with Crippen molar-refractivity contribution in [3.8, 4) is 5.75 Å². The van der Waals surface area contributed by atoms with Gasteiger partial charge in [0, 0.05) is 17.3 Å². The molecular formula is C23H30N2O4S. The Balaban J connectivity index is 1.89. The van der Waals surface area contributed by atoms with E-state index >= 15 is 0 Å². The summed E-state index contributed by atoms with van der Waals surface area (Å²) in [7, 11) is -2.41. The molecule has 2 atom stereocenters. The van der Waals surface area contributed by atoms with Crippen LogP contribution in [0.2, 0.25) is 0 Å². The summed E-state index contributed by atoms with van der Waals surface area (Å²) in [5.74, 6) is 0.124. The molecule has 162 valence electrons. The molecule has 2 aromatic carbocycles. The lowest BCUT2D eigenvalue weighted by atomic mass is 9.87. The summed E-state index contributed by atoms with van der Waals surface area (Å²) in [5, 5.41) is 2.88. The lowest BCUT2D eigenvalue weighted by Gasteiger charge is -2.29. The van der Waals surface area contributed by atoms with Crippen LogP contribution in [-0.2, 0) is 10.0 Å². The number of rotatable bonds is 6. The maximum absolute atomic E-state index is 13.1. The predicted octanol–water partition coefficient (Wildman–Crippen LogP) is 4.42. The molecule has 2 unspecified atom stereocenters. The standard InChI is InChI=1S/C23H30N2O4S/c1-15-9-7-11-20(17(15)3)24-23(26)18-12-13-21(29-4)22(14-18)30(27,28)25-19-10-6-5-8-16(19)2/h7,9,11-14,16,19,25H,5-6,8,10H2,1-4H3,(H,24,26). The summed E-state index contributed by atoms with van der Waals surface area (Å²) in [4.78, 5) is 12.8. The van der Waals surface area contributed by atoms with E-state index in [1.54, 1.807) is 6.07 Å². The largest absolute Gasteiger partial charge is 0.495 e. The van der Waals surface area contributed by atoms with Crippen LogP contribution < -0.4 is 14.8 Å². The molecule has 1 aliphatic carbocycles. The van der Waals surface area contributed by atoms with Crippen molar-refractivity contribution < 1.29 is 17.9 Å². The minimum absolute atomic E-state index is 0.0172. The number of nitrogens with one attached hydrogen (secondary N) is 2. The maximum atomic E-state index is 13.1. The van der Waals surface area contributed by atoms with Crippen LogP contribution in [0.25, 0.3) is 0 Å². The quantitative estimate of drug-likeness (QED) is 0.710. The zero-order valence-corrected chi connectivity index (χ0v) is 18.8. The van der Waals surface area contributed by atoms with Gasteiger partial charge in [-0.05, 0) is 68.0 Å². The van der Waals surface area contributed by atoms with E-state index in [-0.39, 0.29) is 34.1 Å². The van der Waals surface area contributed by atoms with Crippen LogP contribution in [0.1, 0.15) is 54.1 Å². The smallest absolute Gasteiger partial charge is 0.255 e. The molecule has 0 aromatic heterocycles. The minimum atomic E-state index is -3.83. The van der Waals surface area contributed by atoms with Crippen LogP contribution in [0.5, 0.6) is 5.75 Å². The number of aryl methyl sites for hydroxylation is 1. The molecule has 1 amide bonds. The molecule has 3 rings (SSSR count). The minimum Gasteiger partial charge on any atom is -0.495 e. The number of hydrogen-bond donors (Lipinski definition) is 2. The van der Waals surface area contributed by atoms with Crippen molar-refractivity contribution in [3.05, 3.63) is 53.1 Å². The zero-order chi connectivity index (χ0) is 21.9. The van der Waals surface area contributed by atoms with Gasteiger partial charge in [0.25, 0.3) is 5.91 Å². The summed E-state index contributed by atoms with van der Waals surface area (Å²) in [6.45, 7) is 5.97. The monoisotopic (exact) mass is 430 g/mol. The maximum Gasteiger partial charge on any atom is 0.255 e. The van der Waals surface area contributed by atoms with E-state index in [1.165, 1.54) is 19.2 Å². The van der Waals surface area contributed by atoms with Crippen molar-refractivity contribution in [1.29, 1.82) is 0 Å². The van der Waals surface area contributed by atoms with E-state index in [4.69, 9.17) is 4.74 Å². The van der Waals surface area contributed by atoms with Crippen molar-refractivity contribution >= 4 is 21.6 Å². The molecule has 1 fully saturated rings. The number of anilines is 1. The van der Waals surface area contributed by atoms with E-state index in [0.29, 0.717) is 5.69 Å². The van der Waals surface area contributed by atoms with Crippen molar-refractivity contribution in [2.75, 3.05) is 12.4 Å². The molecule has 0 saturated heterocycles. The fourth-order valence-corrected chi connectivity index (χ4v) is 5.44. The molecular weight excluding hydrogens is 400 g/mol. The Labute approximate surface area is 179 Å². The van der Waals surface area contributed by atoms with Crippen molar-refractivity contribution in [1.82, 2.24) is 4.72 Å². The highest BCUT2D eigenvalue weighted by molar-refractivity contribution is 7.89. The first kappa shape index (κ1) is 22.3. The first-order chi connectivity index (χ1) is 14.2. The Kier molecular flexibility index (Phi) is 6.83. The summed E-state index contributed by atoms with van der Waals surface area (Å²) < 4.78 is 34.4. The third kappa shape index (κ3) is 4.84. The number of amides is 1. The number of ether oxygens (including phenoxy) is 1. The lowest BCUT2D eigenvalue weighted by molar-refractivity contribution is 0.102. The zero-order valence-electron chi connectivity index (χ0n) is 18.0. The van der Waals surface area contributed by atoms with E-state index in [9.17, 15) is 13.2 Å². The molecule has 0 radical (unpaired) electrons. The normalized spacial score (nSPS) is 19.3. The van der Waals surface area contributed by atoms with Gasteiger partial charge in [-0.15, -0.1) is 0 Å². The molecule has 2 N–H and O–H groups in total. The molecule has 0 spiro atoms. The number of hydrogen-bond acceptors (Lipinski definition) is 4. The molecule has 1 aliphatic rings. The SMILES string of the molecule is COc1ccc(C(=O)Nc2cccc(C)c2C)cc1S(=O)(=O)NC1CCCCC1C. The molecule has 0 heterocycles. The van der Waals surface area contributed by atoms with Crippen LogP contribution in [0.4, 0.5) is 5.69 Å². The van der Waals surface area contributed by atoms with E-state index in [2.05, 4.69) is 17.0 Å². The summed E-state index contributed by atoms with van der Waals surface area (Å²) in [6, 6.07) is 10.0. The number of methoxy groups -OCH3 is 1. The van der Waals surface area contributed by atoms with Gasteiger partial charge in [0.1, 0.15) is 10.6 Å². The highest BCUT2D eigenvalue weighted by atomic mass is 32.2. The second-order valence-electron chi connectivity index (χ2n) is 8.06. The van der Waals surface area contributed by atoms with Crippen molar-refractivity contribution in [3.63, 3.8) is 0 Å². The van der Waals surface area contributed by atoms with E-state index < -0.39 is 10.0 Å². The van der Waals surface area contributed by atoms with Gasteiger partial charge >= 0.3 is 0 Å². The molecule has 6 nitrogen and oxygen atoms in total. The molecule has 0 bridgehead atoms. The van der Waals surface area contributed by atoms with Gasteiger partial charge in [-0.3, -0.25) is 4.79 Å². The third-order valence-electron chi connectivity index (χ3n) is 5.99. The van der Waals surface area contributed by atoms with Crippen molar-refractivity contribution in [2.45, 2.75) is 57.4 Å². The van der Waals surface area contributed by atoms with Crippen LogP contribution in [0.3, 0.4) is 0 Å². The van der Waals surface area contributed by atoms with E-state index in [0.717, 1.165) is 36.8 Å². The van der Waals surface area contributed by atoms with Gasteiger partial charge in [0.15, 0.2) is 0 Å². The van der Waals surface area contributed by atoms with Gasteiger partial charge in [0.2, 0.25) is 10.0 Å². The fourth-order valence-electron chi connectivity index (χ4n) is 3.86. The Hall–Kier alpha value is -2.38. The number of carbonyl (C=O) groups excluding carboxylic acids is 1. The topological polar surface area (TPSA) is 84.5 Å². The Bertz CT molecular complexity index is 1030.